The fourth-order valence-electron chi connectivity index (χ4n) is 4.80. The van der Waals surface area contributed by atoms with Crippen LogP contribution >= 0.6 is 15.9 Å². The number of nitrogens with one attached hydrogen (secondary N) is 1. The average molecular weight is 465 g/mol. The molecule has 1 aromatic heterocycles. The summed E-state index contributed by atoms with van der Waals surface area (Å²) in [6.45, 7) is 0. The van der Waals surface area contributed by atoms with Crippen LogP contribution in [0.15, 0.2) is 64.8 Å². The first-order chi connectivity index (χ1) is 14.6. The zero-order chi connectivity index (χ0) is 20.8. The Bertz CT molecular complexity index is 1170. The Balaban J connectivity index is 1.73. The van der Waals surface area contributed by atoms with Gasteiger partial charge < -0.3 is 15.0 Å². The summed E-state index contributed by atoms with van der Waals surface area (Å²) in [5, 5.41) is 12.1. The number of aliphatic hydroxyl groups excluding tert-OH is 1. The number of amides is 1. The van der Waals surface area contributed by atoms with Crippen molar-refractivity contribution in [1.82, 2.24) is 9.88 Å². The number of ketones is 1. The van der Waals surface area contributed by atoms with Gasteiger partial charge in [-0.25, -0.2) is 0 Å². The molecule has 2 aromatic carbocycles. The summed E-state index contributed by atoms with van der Waals surface area (Å²) in [6.07, 6.45) is 5.70. The summed E-state index contributed by atoms with van der Waals surface area (Å²) in [5.41, 5.74) is 2.47. The minimum atomic E-state index is -0.613. The van der Waals surface area contributed by atoms with Gasteiger partial charge in [0.25, 0.3) is 11.7 Å². The molecular weight excluding hydrogens is 444 g/mol. The molecular formula is C24H21BrN2O3. The van der Waals surface area contributed by atoms with E-state index >= 15 is 0 Å². The van der Waals surface area contributed by atoms with E-state index in [2.05, 4.69) is 20.9 Å². The number of likely N-dealkylation sites (tertiary alicyclic amines) is 1. The van der Waals surface area contributed by atoms with Crippen LogP contribution in [-0.2, 0) is 9.59 Å². The number of hydrogen-bond donors (Lipinski definition) is 2. The van der Waals surface area contributed by atoms with Gasteiger partial charge in [-0.3, -0.25) is 9.59 Å². The fourth-order valence-corrected chi connectivity index (χ4v) is 5.06. The smallest absolute Gasteiger partial charge is 0.295 e. The molecule has 30 heavy (non-hydrogen) atoms. The molecule has 3 aromatic rings. The van der Waals surface area contributed by atoms with Gasteiger partial charge in [-0.05, 0) is 31.0 Å². The van der Waals surface area contributed by atoms with E-state index in [0.717, 1.165) is 46.6 Å². The van der Waals surface area contributed by atoms with Gasteiger partial charge in [0.1, 0.15) is 5.76 Å². The lowest BCUT2D eigenvalue weighted by Gasteiger charge is -2.30. The summed E-state index contributed by atoms with van der Waals surface area (Å²) < 4.78 is 0.874. The number of hydrogen-bond acceptors (Lipinski definition) is 3. The average Bonchev–Trinajstić information content (AvgIpc) is 3.47. The van der Waals surface area contributed by atoms with Gasteiger partial charge >= 0.3 is 0 Å². The molecule has 1 saturated carbocycles. The summed E-state index contributed by atoms with van der Waals surface area (Å²) in [7, 11) is 0. The summed E-state index contributed by atoms with van der Waals surface area (Å²) in [4.78, 5) is 31.3. The second-order valence-corrected chi connectivity index (χ2v) is 8.86. The van der Waals surface area contributed by atoms with E-state index in [4.69, 9.17) is 0 Å². The highest BCUT2D eigenvalue weighted by Gasteiger charge is 2.49. The normalized spacial score (nSPS) is 21.8. The third-order valence-corrected chi connectivity index (χ3v) is 6.76. The van der Waals surface area contributed by atoms with Crippen molar-refractivity contribution in [2.75, 3.05) is 0 Å². The Morgan fingerprint density at radius 3 is 2.47 bits per heavy atom. The van der Waals surface area contributed by atoms with Crippen molar-refractivity contribution in [3.8, 4) is 0 Å². The number of para-hydroxylation sites is 1. The maximum absolute atomic E-state index is 13.2. The number of aliphatic hydroxyl groups is 1. The third-order valence-electron chi connectivity index (χ3n) is 6.23. The lowest BCUT2D eigenvalue weighted by molar-refractivity contribution is -0.141. The highest BCUT2D eigenvalue weighted by molar-refractivity contribution is 9.10. The minimum absolute atomic E-state index is 0.00956. The SMILES string of the molecule is O=C1C(=O)N(C2CCCC2)C(c2c[nH]c3ccccc23)/C1=C(\O)c1ccc(Br)cc1. The molecule has 2 aliphatic rings. The topological polar surface area (TPSA) is 73.4 Å². The van der Waals surface area contributed by atoms with Crippen LogP contribution in [-0.4, -0.2) is 32.7 Å². The zero-order valence-electron chi connectivity index (χ0n) is 16.3. The fraction of sp³-hybridized carbons (Fsp3) is 0.250. The monoisotopic (exact) mass is 464 g/mol. The van der Waals surface area contributed by atoms with E-state index in [1.807, 2.05) is 42.6 Å². The van der Waals surface area contributed by atoms with Gasteiger partial charge in [0.15, 0.2) is 0 Å². The van der Waals surface area contributed by atoms with Crippen molar-refractivity contribution < 1.29 is 14.7 Å². The highest BCUT2D eigenvalue weighted by Crippen LogP contribution is 2.45. The first kappa shape index (κ1) is 19.1. The van der Waals surface area contributed by atoms with Crippen LogP contribution in [0.2, 0.25) is 0 Å². The quantitative estimate of drug-likeness (QED) is 0.314. The van der Waals surface area contributed by atoms with E-state index in [1.54, 1.807) is 17.0 Å². The second-order valence-electron chi connectivity index (χ2n) is 7.94. The van der Waals surface area contributed by atoms with Gasteiger partial charge in [0.2, 0.25) is 0 Å². The summed E-state index contributed by atoms with van der Waals surface area (Å²) >= 11 is 3.39. The van der Waals surface area contributed by atoms with Crippen molar-refractivity contribution in [2.24, 2.45) is 0 Å². The predicted octanol–water partition coefficient (Wildman–Crippen LogP) is 5.29. The Labute approximate surface area is 182 Å². The van der Waals surface area contributed by atoms with Crippen molar-refractivity contribution in [3.05, 3.63) is 75.9 Å². The van der Waals surface area contributed by atoms with Crippen LogP contribution in [0.5, 0.6) is 0 Å². The first-order valence-corrected chi connectivity index (χ1v) is 11.0. The van der Waals surface area contributed by atoms with Gasteiger partial charge in [-0.1, -0.05) is 59.1 Å². The van der Waals surface area contributed by atoms with Gasteiger partial charge in [0, 0.05) is 38.7 Å². The standard InChI is InChI=1S/C24H21BrN2O3/c25-15-11-9-14(10-12-15)22(28)20-21(18-13-26-19-8-4-3-7-17(18)19)27(24(30)23(20)29)16-5-1-2-6-16/h3-4,7-13,16,21,26,28H,1-2,5-6H2/b22-20+. The minimum Gasteiger partial charge on any atom is -0.507 e. The predicted molar refractivity (Wildman–Crippen MR) is 119 cm³/mol. The molecule has 2 N–H and O–H groups in total. The molecule has 5 nitrogen and oxygen atoms in total. The Morgan fingerprint density at radius 2 is 1.73 bits per heavy atom. The molecule has 1 atom stereocenters. The molecule has 5 rings (SSSR count). The van der Waals surface area contributed by atoms with Crippen LogP contribution < -0.4 is 0 Å². The first-order valence-electron chi connectivity index (χ1n) is 10.2. The number of carbonyl (C=O) groups excluding carboxylic acids is 2. The van der Waals surface area contributed by atoms with Crippen molar-refractivity contribution in [3.63, 3.8) is 0 Å². The van der Waals surface area contributed by atoms with E-state index in [0.29, 0.717) is 5.56 Å². The number of nitrogens with zero attached hydrogens (tertiary/aromatic N) is 1. The maximum Gasteiger partial charge on any atom is 0.295 e. The van der Waals surface area contributed by atoms with Crippen LogP contribution in [0.25, 0.3) is 16.7 Å². The van der Waals surface area contributed by atoms with Crippen LogP contribution in [0.1, 0.15) is 42.9 Å². The Kier molecular flexibility index (Phi) is 4.74. The van der Waals surface area contributed by atoms with E-state index in [9.17, 15) is 14.7 Å². The number of halogens is 1. The van der Waals surface area contributed by atoms with Crippen LogP contribution in [0.4, 0.5) is 0 Å². The third kappa shape index (κ3) is 2.98. The lowest BCUT2D eigenvalue weighted by Crippen LogP contribution is -2.37. The molecule has 1 aliphatic heterocycles. The highest BCUT2D eigenvalue weighted by atomic mass is 79.9. The van der Waals surface area contributed by atoms with Crippen molar-refractivity contribution in [1.29, 1.82) is 0 Å². The number of carbonyl (C=O) groups is 2. The van der Waals surface area contributed by atoms with E-state index < -0.39 is 17.7 Å². The van der Waals surface area contributed by atoms with E-state index in [-0.39, 0.29) is 17.4 Å². The maximum atomic E-state index is 13.2. The van der Waals surface area contributed by atoms with Crippen LogP contribution in [0.3, 0.4) is 0 Å². The van der Waals surface area contributed by atoms with Crippen molar-refractivity contribution in [2.45, 2.75) is 37.8 Å². The molecule has 0 spiro atoms. The molecule has 2 heterocycles. The molecule has 6 heteroatoms. The molecule has 1 unspecified atom stereocenters. The van der Waals surface area contributed by atoms with Gasteiger partial charge in [0.05, 0.1) is 11.6 Å². The summed E-state index contributed by atoms with van der Waals surface area (Å²) in [6, 6.07) is 14.3. The number of H-pyrrole nitrogens is 1. The van der Waals surface area contributed by atoms with E-state index in [1.165, 1.54) is 0 Å². The van der Waals surface area contributed by atoms with Gasteiger partial charge in [-0.15, -0.1) is 0 Å². The molecule has 0 bridgehead atoms. The van der Waals surface area contributed by atoms with Crippen molar-refractivity contribution >= 4 is 44.3 Å². The van der Waals surface area contributed by atoms with Gasteiger partial charge in [-0.2, -0.15) is 0 Å². The number of rotatable bonds is 3. The zero-order valence-corrected chi connectivity index (χ0v) is 17.9. The molecule has 152 valence electrons. The lowest BCUT2D eigenvalue weighted by atomic mass is 9.94. The molecule has 1 aliphatic carbocycles. The summed E-state index contributed by atoms with van der Waals surface area (Å²) in [5.74, 6) is -1.26. The second kappa shape index (κ2) is 7.43. The molecule has 1 amide bonds. The molecule has 2 fully saturated rings. The number of aromatic nitrogens is 1. The number of benzene rings is 2. The molecule has 1 saturated heterocycles. The number of Topliss-reactive ketones (excluding diaryl/α,β-unsaturated/α-hetero) is 1. The Hall–Kier alpha value is -2.86. The van der Waals surface area contributed by atoms with Crippen LogP contribution in [0, 0.1) is 0 Å². The Morgan fingerprint density at radius 1 is 1.03 bits per heavy atom. The largest absolute Gasteiger partial charge is 0.507 e. The number of aromatic amines is 1. The molecule has 0 radical (unpaired) electrons. The number of fused-ring (bicyclic) bond motifs is 1.